The number of hydrogen-bond donors (Lipinski definition) is 1. The van der Waals surface area contributed by atoms with Gasteiger partial charge in [-0.15, -0.1) is 11.3 Å². The first-order valence-electron chi connectivity index (χ1n) is 8.20. The standard InChI is InChI=1S/C19H23NO2S/c1-13-7-8-14(2)17(9-13)22-11-15-10-18(23-12-15)19(21)20-16-5-3-4-6-16/h7-10,12,16H,3-6,11H2,1-2H3,(H,20,21). The monoisotopic (exact) mass is 329 g/mol. The number of carbonyl (C=O) groups excluding carboxylic acids is 1. The Labute approximate surface area is 141 Å². The molecule has 1 aromatic carbocycles. The smallest absolute Gasteiger partial charge is 0.261 e. The summed E-state index contributed by atoms with van der Waals surface area (Å²) < 4.78 is 5.91. The van der Waals surface area contributed by atoms with Crippen molar-refractivity contribution in [1.82, 2.24) is 5.32 Å². The third-order valence-electron chi connectivity index (χ3n) is 4.31. The van der Waals surface area contributed by atoms with Gasteiger partial charge >= 0.3 is 0 Å². The second-order valence-electron chi connectivity index (χ2n) is 6.33. The SMILES string of the molecule is Cc1ccc(C)c(OCc2csc(C(=O)NC3CCCC3)c2)c1. The summed E-state index contributed by atoms with van der Waals surface area (Å²) in [4.78, 5) is 13.0. The van der Waals surface area contributed by atoms with Crippen LogP contribution in [-0.4, -0.2) is 11.9 Å². The third-order valence-corrected chi connectivity index (χ3v) is 5.28. The summed E-state index contributed by atoms with van der Waals surface area (Å²) in [5.41, 5.74) is 3.37. The number of aryl methyl sites for hydroxylation is 2. The molecular formula is C19H23NO2S. The zero-order valence-corrected chi connectivity index (χ0v) is 14.5. The highest BCUT2D eigenvalue weighted by Gasteiger charge is 2.19. The van der Waals surface area contributed by atoms with E-state index in [-0.39, 0.29) is 5.91 Å². The lowest BCUT2D eigenvalue weighted by atomic mass is 10.1. The Morgan fingerprint density at radius 2 is 2.04 bits per heavy atom. The maximum absolute atomic E-state index is 12.2. The molecule has 1 heterocycles. The van der Waals surface area contributed by atoms with Gasteiger partial charge in [-0.1, -0.05) is 25.0 Å². The van der Waals surface area contributed by atoms with Crippen LogP contribution in [0.5, 0.6) is 5.75 Å². The van der Waals surface area contributed by atoms with Gasteiger partial charge in [0.25, 0.3) is 5.91 Å². The average Bonchev–Trinajstić information content (AvgIpc) is 3.19. The highest BCUT2D eigenvalue weighted by molar-refractivity contribution is 7.12. The number of thiophene rings is 1. The maximum atomic E-state index is 12.2. The predicted octanol–water partition coefficient (Wildman–Crippen LogP) is 4.62. The summed E-state index contributed by atoms with van der Waals surface area (Å²) in [5, 5.41) is 5.14. The van der Waals surface area contributed by atoms with E-state index < -0.39 is 0 Å². The number of carbonyl (C=O) groups is 1. The van der Waals surface area contributed by atoms with Crippen LogP contribution in [0.25, 0.3) is 0 Å². The van der Waals surface area contributed by atoms with Crippen LogP contribution in [0.1, 0.15) is 52.0 Å². The highest BCUT2D eigenvalue weighted by atomic mass is 32.1. The largest absolute Gasteiger partial charge is 0.489 e. The molecule has 3 nitrogen and oxygen atoms in total. The molecule has 1 fully saturated rings. The van der Waals surface area contributed by atoms with E-state index in [2.05, 4.69) is 30.4 Å². The van der Waals surface area contributed by atoms with Crippen LogP contribution in [0, 0.1) is 13.8 Å². The molecule has 1 N–H and O–H groups in total. The Kier molecular flexibility index (Phi) is 5.01. The summed E-state index contributed by atoms with van der Waals surface area (Å²) in [6.07, 6.45) is 4.67. The Hall–Kier alpha value is -1.81. The van der Waals surface area contributed by atoms with Gasteiger partial charge in [-0.3, -0.25) is 4.79 Å². The molecule has 4 heteroatoms. The van der Waals surface area contributed by atoms with Crippen molar-refractivity contribution >= 4 is 17.2 Å². The van der Waals surface area contributed by atoms with Gasteiger partial charge in [0, 0.05) is 11.6 Å². The fourth-order valence-corrected chi connectivity index (χ4v) is 3.72. The molecule has 2 aromatic rings. The molecule has 1 aromatic heterocycles. The predicted molar refractivity (Wildman–Crippen MR) is 94.3 cm³/mol. The van der Waals surface area contributed by atoms with E-state index in [0.717, 1.165) is 34.6 Å². The average molecular weight is 329 g/mol. The molecule has 3 rings (SSSR count). The van der Waals surface area contributed by atoms with Gasteiger partial charge in [-0.05, 0) is 55.3 Å². The minimum absolute atomic E-state index is 0.0555. The van der Waals surface area contributed by atoms with Crippen LogP contribution in [0.15, 0.2) is 29.6 Å². The molecule has 1 amide bonds. The zero-order valence-electron chi connectivity index (χ0n) is 13.7. The molecule has 1 saturated carbocycles. The van der Waals surface area contributed by atoms with E-state index in [1.807, 2.05) is 18.4 Å². The van der Waals surface area contributed by atoms with E-state index >= 15 is 0 Å². The van der Waals surface area contributed by atoms with E-state index in [0.29, 0.717) is 12.6 Å². The number of nitrogens with one attached hydrogen (secondary N) is 1. The van der Waals surface area contributed by atoms with Gasteiger partial charge in [0.1, 0.15) is 12.4 Å². The van der Waals surface area contributed by atoms with Gasteiger partial charge in [-0.25, -0.2) is 0 Å². The molecule has 1 aliphatic carbocycles. The van der Waals surface area contributed by atoms with Crippen LogP contribution in [0.2, 0.25) is 0 Å². The van der Waals surface area contributed by atoms with Crippen molar-refractivity contribution in [1.29, 1.82) is 0 Å². The van der Waals surface area contributed by atoms with Crippen molar-refractivity contribution in [3.63, 3.8) is 0 Å². The molecule has 0 spiro atoms. The lowest BCUT2D eigenvalue weighted by Gasteiger charge is -2.10. The van der Waals surface area contributed by atoms with Gasteiger partial charge in [0.05, 0.1) is 4.88 Å². The molecule has 122 valence electrons. The Morgan fingerprint density at radius 1 is 1.26 bits per heavy atom. The minimum atomic E-state index is 0.0555. The van der Waals surface area contributed by atoms with Crippen molar-refractivity contribution in [2.75, 3.05) is 0 Å². The van der Waals surface area contributed by atoms with Crippen molar-refractivity contribution in [3.05, 3.63) is 51.2 Å². The van der Waals surface area contributed by atoms with Gasteiger partial charge in [0.2, 0.25) is 0 Å². The van der Waals surface area contributed by atoms with E-state index in [1.54, 1.807) is 0 Å². The summed E-state index contributed by atoms with van der Waals surface area (Å²) in [5.74, 6) is 0.966. The minimum Gasteiger partial charge on any atom is -0.489 e. The zero-order chi connectivity index (χ0) is 16.2. The Balaban J connectivity index is 1.58. The molecule has 1 aliphatic rings. The molecule has 0 saturated heterocycles. The molecule has 0 radical (unpaired) electrons. The first-order valence-corrected chi connectivity index (χ1v) is 9.08. The van der Waals surface area contributed by atoms with Crippen molar-refractivity contribution in [3.8, 4) is 5.75 Å². The lowest BCUT2D eigenvalue weighted by Crippen LogP contribution is -2.31. The summed E-state index contributed by atoms with van der Waals surface area (Å²) in [7, 11) is 0. The van der Waals surface area contributed by atoms with Gasteiger partial charge in [0.15, 0.2) is 0 Å². The first kappa shape index (κ1) is 16.1. The Morgan fingerprint density at radius 3 is 2.83 bits per heavy atom. The topological polar surface area (TPSA) is 38.3 Å². The summed E-state index contributed by atoms with van der Waals surface area (Å²) in [6.45, 7) is 4.60. The second kappa shape index (κ2) is 7.18. The van der Waals surface area contributed by atoms with Crippen molar-refractivity contribution in [2.45, 2.75) is 52.2 Å². The van der Waals surface area contributed by atoms with Crippen LogP contribution < -0.4 is 10.1 Å². The van der Waals surface area contributed by atoms with E-state index in [4.69, 9.17) is 4.74 Å². The lowest BCUT2D eigenvalue weighted by molar-refractivity contribution is 0.0942. The summed E-state index contributed by atoms with van der Waals surface area (Å²) >= 11 is 1.49. The maximum Gasteiger partial charge on any atom is 0.261 e. The fraction of sp³-hybridized carbons (Fsp3) is 0.421. The number of amides is 1. The summed E-state index contributed by atoms with van der Waals surface area (Å²) in [6, 6.07) is 8.51. The van der Waals surface area contributed by atoms with Crippen molar-refractivity contribution < 1.29 is 9.53 Å². The molecule has 23 heavy (non-hydrogen) atoms. The number of hydrogen-bond acceptors (Lipinski definition) is 3. The van der Waals surface area contributed by atoms with Crippen LogP contribution in [-0.2, 0) is 6.61 Å². The fourth-order valence-electron chi connectivity index (χ4n) is 2.92. The quantitative estimate of drug-likeness (QED) is 0.869. The Bertz CT molecular complexity index is 686. The van der Waals surface area contributed by atoms with Crippen molar-refractivity contribution in [2.24, 2.45) is 0 Å². The molecule has 0 unspecified atom stereocenters. The first-order chi connectivity index (χ1) is 11.1. The molecule has 0 atom stereocenters. The van der Waals surface area contributed by atoms with E-state index in [9.17, 15) is 4.79 Å². The molecule has 0 aliphatic heterocycles. The second-order valence-corrected chi connectivity index (χ2v) is 7.24. The van der Waals surface area contributed by atoms with Crippen LogP contribution in [0.4, 0.5) is 0 Å². The number of ether oxygens (including phenoxy) is 1. The third kappa shape index (κ3) is 4.14. The highest BCUT2D eigenvalue weighted by Crippen LogP contribution is 2.23. The number of benzene rings is 1. The van der Waals surface area contributed by atoms with E-state index in [1.165, 1.54) is 29.7 Å². The van der Waals surface area contributed by atoms with Crippen LogP contribution >= 0.6 is 11.3 Å². The normalized spacial score (nSPS) is 14.9. The van der Waals surface area contributed by atoms with Gasteiger partial charge in [-0.2, -0.15) is 0 Å². The number of rotatable bonds is 5. The van der Waals surface area contributed by atoms with Gasteiger partial charge < -0.3 is 10.1 Å². The molecule has 0 bridgehead atoms. The molecular weight excluding hydrogens is 306 g/mol. The van der Waals surface area contributed by atoms with Crippen LogP contribution in [0.3, 0.4) is 0 Å².